The first kappa shape index (κ1) is 25.8. The first-order valence-electron chi connectivity index (χ1n) is 8.09. The molecule has 0 saturated carbocycles. The molecular weight excluding hydrogens is 326 g/mol. The van der Waals surface area contributed by atoms with Crippen molar-refractivity contribution in [3.05, 3.63) is 0 Å². The molecule has 0 radical (unpaired) electrons. The molecule has 19 heavy (non-hydrogen) atoms. The zero-order valence-corrected chi connectivity index (χ0v) is 18.9. The standard InChI is InChI=1S/C16H36P.BrH.Na.H/c1-5-9-13-17(14-10-6-2,15-11-7-3)16-12-8-4;;;/h5-16H2,1-4H3;1H;;/q+1;;+1;-1. The van der Waals surface area contributed by atoms with Crippen LogP contribution in [0, 0.1) is 0 Å². The maximum Gasteiger partial charge on any atom is 1.00 e. The Balaban J connectivity index is -0.000000427. The number of unbranched alkanes of at least 4 members (excludes halogenated alkanes) is 4. The Kier molecular flexibility index (Phi) is 24.4. The van der Waals surface area contributed by atoms with Gasteiger partial charge < -0.3 is 1.43 Å². The average molecular weight is 364 g/mol. The Hall–Kier alpha value is 1.91. The van der Waals surface area contributed by atoms with E-state index in [1.807, 2.05) is 0 Å². The summed E-state index contributed by atoms with van der Waals surface area (Å²) < 4.78 is 0. The Labute approximate surface area is 158 Å². The third kappa shape index (κ3) is 13.3. The van der Waals surface area contributed by atoms with Crippen LogP contribution in [0.4, 0.5) is 0 Å². The van der Waals surface area contributed by atoms with Crippen molar-refractivity contribution in [2.24, 2.45) is 0 Å². The van der Waals surface area contributed by atoms with E-state index in [4.69, 9.17) is 0 Å². The smallest absolute Gasteiger partial charge is 1.00 e. The molecule has 0 aromatic heterocycles. The van der Waals surface area contributed by atoms with Gasteiger partial charge in [0.25, 0.3) is 0 Å². The van der Waals surface area contributed by atoms with Crippen LogP contribution in [0.15, 0.2) is 0 Å². The van der Waals surface area contributed by atoms with E-state index in [0.717, 1.165) is 0 Å². The maximum absolute atomic E-state index is 2.36. The van der Waals surface area contributed by atoms with Gasteiger partial charge in [-0.3, -0.25) is 0 Å². The second kappa shape index (κ2) is 18.0. The Morgan fingerprint density at radius 1 is 0.579 bits per heavy atom. The van der Waals surface area contributed by atoms with Crippen molar-refractivity contribution in [2.45, 2.75) is 79.1 Å². The quantitative estimate of drug-likeness (QED) is 0.364. The van der Waals surface area contributed by atoms with Crippen molar-refractivity contribution in [1.29, 1.82) is 0 Å². The van der Waals surface area contributed by atoms with Crippen LogP contribution in [0.25, 0.3) is 0 Å². The SMILES string of the molecule is Br.CCCC[P+](CCCC)(CCCC)CCCC.[H-].[Na+]. The molecule has 0 heterocycles. The van der Waals surface area contributed by atoms with E-state index in [1.54, 1.807) is 24.6 Å². The molecule has 0 aromatic carbocycles. The monoisotopic (exact) mass is 363 g/mol. The van der Waals surface area contributed by atoms with E-state index in [9.17, 15) is 0 Å². The summed E-state index contributed by atoms with van der Waals surface area (Å²) in [6.07, 6.45) is 17.9. The van der Waals surface area contributed by atoms with Crippen LogP contribution in [-0.4, -0.2) is 24.6 Å². The molecule has 0 aromatic rings. The second-order valence-corrected chi connectivity index (χ2v) is 10.1. The molecule has 0 fully saturated rings. The zero-order chi connectivity index (χ0) is 13.0. The summed E-state index contributed by atoms with van der Waals surface area (Å²) in [4.78, 5) is 0. The van der Waals surface area contributed by atoms with Crippen LogP contribution in [0.5, 0.6) is 0 Å². The summed E-state index contributed by atoms with van der Waals surface area (Å²) in [5.74, 6) is 0. The van der Waals surface area contributed by atoms with E-state index in [-0.39, 0.29) is 48.0 Å². The van der Waals surface area contributed by atoms with Gasteiger partial charge in [-0.25, -0.2) is 0 Å². The van der Waals surface area contributed by atoms with Gasteiger partial charge in [0.15, 0.2) is 0 Å². The minimum Gasteiger partial charge on any atom is -1.00 e. The molecule has 0 aliphatic carbocycles. The summed E-state index contributed by atoms with van der Waals surface area (Å²) in [5, 5.41) is 0. The van der Waals surface area contributed by atoms with Crippen molar-refractivity contribution < 1.29 is 31.0 Å². The molecule has 0 bridgehead atoms. The third-order valence-electron chi connectivity index (χ3n) is 3.94. The first-order valence-corrected chi connectivity index (χ1v) is 10.6. The normalized spacial score (nSPS) is 10.7. The minimum absolute atomic E-state index is 0. The first-order chi connectivity index (χ1) is 8.24. The molecule has 0 saturated heterocycles. The molecule has 0 aliphatic rings. The Morgan fingerprint density at radius 2 is 0.789 bits per heavy atom. The zero-order valence-electron chi connectivity index (χ0n) is 15.3. The van der Waals surface area contributed by atoms with E-state index < -0.39 is 7.26 Å². The van der Waals surface area contributed by atoms with Gasteiger partial charge >= 0.3 is 29.6 Å². The fourth-order valence-electron chi connectivity index (χ4n) is 2.64. The van der Waals surface area contributed by atoms with E-state index in [2.05, 4.69) is 27.7 Å². The number of halogens is 1. The number of hydrogen-bond acceptors (Lipinski definition) is 0. The molecule has 3 heteroatoms. The molecule has 0 spiro atoms. The van der Waals surface area contributed by atoms with E-state index in [1.165, 1.54) is 51.4 Å². The molecule has 0 atom stereocenters. The van der Waals surface area contributed by atoms with Gasteiger partial charge in [0, 0.05) is 7.26 Å². The fourth-order valence-corrected chi connectivity index (χ4v) is 7.93. The summed E-state index contributed by atoms with van der Waals surface area (Å²) >= 11 is 0. The van der Waals surface area contributed by atoms with Crippen LogP contribution >= 0.6 is 24.2 Å². The molecular formula is C16H38BrNaP+. The minimum atomic E-state index is -0.562. The van der Waals surface area contributed by atoms with Crippen LogP contribution in [0.2, 0.25) is 0 Å². The van der Waals surface area contributed by atoms with Crippen LogP contribution < -0.4 is 29.6 Å². The maximum atomic E-state index is 2.36. The molecule has 0 unspecified atom stereocenters. The molecule has 0 N–H and O–H groups in total. The molecule has 114 valence electrons. The van der Waals surface area contributed by atoms with Gasteiger partial charge in [0.1, 0.15) is 0 Å². The summed E-state index contributed by atoms with van der Waals surface area (Å²) in [7, 11) is -0.562. The Bertz CT molecular complexity index is 133. The van der Waals surface area contributed by atoms with E-state index in [0.29, 0.717) is 0 Å². The molecule has 0 nitrogen and oxygen atoms in total. The van der Waals surface area contributed by atoms with Crippen LogP contribution in [0.1, 0.15) is 80.5 Å². The van der Waals surface area contributed by atoms with Gasteiger partial charge in [0.2, 0.25) is 0 Å². The van der Waals surface area contributed by atoms with Crippen molar-refractivity contribution in [3.63, 3.8) is 0 Å². The van der Waals surface area contributed by atoms with Gasteiger partial charge in [-0.05, 0) is 25.7 Å². The topological polar surface area (TPSA) is 0 Å². The Morgan fingerprint density at radius 3 is 0.947 bits per heavy atom. The predicted molar refractivity (Wildman–Crippen MR) is 97.5 cm³/mol. The van der Waals surface area contributed by atoms with Crippen molar-refractivity contribution in [3.8, 4) is 0 Å². The summed E-state index contributed by atoms with van der Waals surface area (Å²) in [6.45, 7) is 9.42. The number of rotatable bonds is 12. The summed E-state index contributed by atoms with van der Waals surface area (Å²) in [6, 6.07) is 0. The van der Waals surface area contributed by atoms with E-state index >= 15 is 0 Å². The van der Waals surface area contributed by atoms with Crippen molar-refractivity contribution >= 4 is 24.2 Å². The largest absolute Gasteiger partial charge is 1.00 e. The molecule has 0 rings (SSSR count). The molecule has 0 amide bonds. The van der Waals surface area contributed by atoms with Crippen LogP contribution in [-0.2, 0) is 0 Å². The van der Waals surface area contributed by atoms with Crippen molar-refractivity contribution in [1.82, 2.24) is 0 Å². The van der Waals surface area contributed by atoms with Crippen molar-refractivity contribution in [2.75, 3.05) is 24.6 Å². The van der Waals surface area contributed by atoms with Gasteiger partial charge in [-0.2, -0.15) is 0 Å². The van der Waals surface area contributed by atoms with Gasteiger partial charge in [-0.1, -0.05) is 53.4 Å². The molecule has 0 aliphatic heterocycles. The fraction of sp³-hybridized carbons (Fsp3) is 1.00. The predicted octanol–water partition coefficient (Wildman–Crippen LogP) is 3.90. The summed E-state index contributed by atoms with van der Waals surface area (Å²) in [5.41, 5.74) is 0. The third-order valence-corrected chi connectivity index (χ3v) is 9.00. The van der Waals surface area contributed by atoms with Gasteiger partial charge in [0.05, 0.1) is 24.6 Å². The second-order valence-electron chi connectivity index (χ2n) is 5.65. The number of hydrogen-bond donors (Lipinski definition) is 0. The van der Waals surface area contributed by atoms with Crippen LogP contribution in [0.3, 0.4) is 0 Å². The van der Waals surface area contributed by atoms with Gasteiger partial charge in [-0.15, -0.1) is 17.0 Å². The average Bonchev–Trinajstić information content (AvgIpc) is 2.37.